The SMILES string of the molecule is C1=C[C@@H]2[C@@H](C(c3ccccc3)=NN2c2ccccc2)C1=C(c1ccccc1)c1ccccc1. The molecule has 6 rings (SSSR count). The van der Waals surface area contributed by atoms with Gasteiger partial charge in [-0.1, -0.05) is 121 Å². The first kappa shape index (κ1) is 19.5. The Hall–Kier alpha value is -4.17. The number of nitrogens with zero attached hydrogens (tertiary/aromatic N) is 2. The van der Waals surface area contributed by atoms with E-state index in [1.165, 1.54) is 27.8 Å². The highest BCUT2D eigenvalue weighted by molar-refractivity contribution is 6.09. The van der Waals surface area contributed by atoms with Gasteiger partial charge in [0, 0.05) is 0 Å². The number of para-hydroxylation sites is 1. The van der Waals surface area contributed by atoms with Gasteiger partial charge in [0.1, 0.15) is 0 Å². The van der Waals surface area contributed by atoms with E-state index in [0.29, 0.717) is 0 Å². The van der Waals surface area contributed by atoms with Crippen LogP contribution < -0.4 is 5.01 Å². The summed E-state index contributed by atoms with van der Waals surface area (Å²) in [6, 6.07) is 42.7. The average Bonchev–Trinajstić information content (AvgIpc) is 3.48. The Bertz CT molecular complexity index is 1300. The number of hydrogen-bond donors (Lipinski definition) is 0. The van der Waals surface area contributed by atoms with E-state index >= 15 is 0 Å². The van der Waals surface area contributed by atoms with Crippen molar-refractivity contribution in [3.63, 3.8) is 0 Å². The zero-order valence-corrected chi connectivity index (χ0v) is 18.3. The summed E-state index contributed by atoms with van der Waals surface area (Å²) >= 11 is 0. The molecular formula is C31H24N2. The van der Waals surface area contributed by atoms with Gasteiger partial charge in [0.15, 0.2) is 0 Å². The first-order valence-electron chi connectivity index (χ1n) is 11.4. The molecule has 0 N–H and O–H groups in total. The van der Waals surface area contributed by atoms with Crippen LogP contribution in [0.25, 0.3) is 5.57 Å². The summed E-state index contributed by atoms with van der Waals surface area (Å²) in [5.41, 5.74) is 8.47. The third-order valence-electron chi connectivity index (χ3n) is 6.45. The third kappa shape index (κ3) is 3.50. The molecule has 0 aromatic heterocycles. The van der Waals surface area contributed by atoms with Crippen molar-refractivity contribution in [2.45, 2.75) is 6.04 Å². The molecular weight excluding hydrogens is 400 g/mol. The molecule has 0 amide bonds. The van der Waals surface area contributed by atoms with Gasteiger partial charge in [-0.3, -0.25) is 5.01 Å². The fourth-order valence-electron chi connectivity index (χ4n) is 4.98. The number of hydrogen-bond acceptors (Lipinski definition) is 2. The largest absolute Gasteiger partial charge is 0.257 e. The molecule has 158 valence electrons. The Morgan fingerprint density at radius 2 is 1.12 bits per heavy atom. The lowest BCUT2D eigenvalue weighted by atomic mass is 9.83. The van der Waals surface area contributed by atoms with E-state index in [2.05, 4.69) is 138 Å². The summed E-state index contributed by atoms with van der Waals surface area (Å²) < 4.78 is 0. The Morgan fingerprint density at radius 1 is 0.606 bits per heavy atom. The van der Waals surface area contributed by atoms with Crippen LogP contribution >= 0.6 is 0 Å². The Labute approximate surface area is 194 Å². The summed E-state index contributed by atoms with van der Waals surface area (Å²) in [7, 11) is 0. The molecule has 0 fully saturated rings. The molecule has 1 heterocycles. The smallest absolute Gasteiger partial charge is 0.0835 e. The minimum absolute atomic E-state index is 0.153. The lowest BCUT2D eigenvalue weighted by Crippen LogP contribution is -2.29. The Morgan fingerprint density at radius 3 is 1.70 bits per heavy atom. The fourth-order valence-corrected chi connectivity index (χ4v) is 4.98. The molecule has 0 saturated heterocycles. The molecule has 1 aliphatic carbocycles. The monoisotopic (exact) mass is 424 g/mol. The number of anilines is 1. The van der Waals surface area contributed by atoms with E-state index < -0.39 is 0 Å². The normalized spacial score (nSPS) is 18.8. The van der Waals surface area contributed by atoms with Crippen molar-refractivity contribution in [3.8, 4) is 0 Å². The first-order valence-corrected chi connectivity index (χ1v) is 11.4. The minimum atomic E-state index is 0.153. The van der Waals surface area contributed by atoms with Crippen LogP contribution in [0, 0.1) is 5.92 Å². The highest BCUT2D eigenvalue weighted by Gasteiger charge is 2.43. The van der Waals surface area contributed by atoms with E-state index in [9.17, 15) is 0 Å². The van der Waals surface area contributed by atoms with Crippen LogP contribution in [0.4, 0.5) is 5.69 Å². The van der Waals surface area contributed by atoms with Crippen molar-refractivity contribution in [1.82, 2.24) is 0 Å². The van der Waals surface area contributed by atoms with Crippen molar-refractivity contribution in [2.24, 2.45) is 11.0 Å². The van der Waals surface area contributed by atoms with Gasteiger partial charge in [0.25, 0.3) is 0 Å². The van der Waals surface area contributed by atoms with Crippen molar-refractivity contribution in [3.05, 3.63) is 156 Å². The van der Waals surface area contributed by atoms with Crippen LogP contribution in [0.1, 0.15) is 16.7 Å². The highest BCUT2D eigenvalue weighted by Crippen LogP contribution is 2.44. The topological polar surface area (TPSA) is 15.6 Å². The molecule has 0 saturated carbocycles. The molecule has 4 aromatic rings. The van der Waals surface area contributed by atoms with E-state index in [0.717, 1.165) is 11.4 Å². The molecule has 0 unspecified atom stereocenters. The van der Waals surface area contributed by atoms with Crippen LogP contribution in [-0.2, 0) is 0 Å². The highest BCUT2D eigenvalue weighted by atomic mass is 15.5. The summed E-state index contributed by atoms with van der Waals surface area (Å²) in [5, 5.41) is 7.38. The number of benzene rings is 4. The average molecular weight is 425 g/mol. The first-order chi connectivity index (χ1) is 16.4. The van der Waals surface area contributed by atoms with Gasteiger partial charge in [-0.25, -0.2) is 0 Å². The predicted octanol–water partition coefficient (Wildman–Crippen LogP) is 6.97. The van der Waals surface area contributed by atoms with Crippen molar-refractivity contribution in [1.29, 1.82) is 0 Å². The second-order valence-corrected chi connectivity index (χ2v) is 8.42. The molecule has 2 atom stereocenters. The van der Waals surface area contributed by atoms with Crippen molar-refractivity contribution in [2.75, 3.05) is 5.01 Å². The number of fused-ring (bicyclic) bond motifs is 1. The van der Waals surface area contributed by atoms with Crippen LogP contribution in [0.5, 0.6) is 0 Å². The van der Waals surface area contributed by atoms with E-state index in [1.807, 2.05) is 0 Å². The number of allylic oxidation sites excluding steroid dienone is 1. The maximum absolute atomic E-state index is 5.20. The fraction of sp³-hybridized carbons (Fsp3) is 0.0645. The van der Waals surface area contributed by atoms with E-state index in [4.69, 9.17) is 5.10 Å². The van der Waals surface area contributed by atoms with Gasteiger partial charge in [-0.15, -0.1) is 0 Å². The van der Waals surface area contributed by atoms with Gasteiger partial charge in [0.05, 0.1) is 23.4 Å². The second-order valence-electron chi connectivity index (χ2n) is 8.42. The Kier molecular flexibility index (Phi) is 4.97. The van der Waals surface area contributed by atoms with Gasteiger partial charge in [-0.05, 0) is 40.0 Å². The molecule has 1 aliphatic heterocycles. The molecule has 2 heteroatoms. The standard InChI is InChI=1S/C31H24N2/c1-5-13-23(14-6-1)29(24-15-7-2-8-16-24)27-21-22-28-30(27)31(25-17-9-3-10-18-25)32-33(28)26-19-11-4-12-20-26/h1-22,28,30H/t28-,30+/m1/s1. The second kappa shape index (κ2) is 8.40. The lowest BCUT2D eigenvalue weighted by molar-refractivity contribution is 0.712. The minimum Gasteiger partial charge on any atom is -0.257 e. The maximum atomic E-state index is 5.20. The van der Waals surface area contributed by atoms with Gasteiger partial charge in [0.2, 0.25) is 0 Å². The molecule has 0 spiro atoms. The van der Waals surface area contributed by atoms with E-state index in [1.54, 1.807) is 0 Å². The molecule has 2 nitrogen and oxygen atoms in total. The van der Waals surface area contributed by atoms with Gasteiger partial charge in [-0.2, -0.15) is 5.10 Å². The molecule has 0 radical (unpaired) electrons. The zero-order valence-electron chi connectivity index (χ0n) is 18.3. The summed E-state index contributed by atoms with van der Waals surface area (Å²) in [4.78, 5) is 0. The summed E-state index contributed by atoms with van der Waals surface area (Å²) in [5.74, 6) is 0.156. The lowest BCUT2D eigenvalue weighted by Gasteiger charge is -2.23. The quantitative estimate of drug-likeness (QED) is 0.345. The number of hydrazone groups is 1. The van der Waals surface area contributed by atoms with E-state index in [-0.39, 0.29) is 12.0 Å². The van der Waals surface area contributed by atoms with Crippen molar-refractivity contribution >= 4 is 17.0 Å². The number of rotatable bonds is 4. The van der Waals surface area contributed by atoms with Gasteiger partial charge >= 0.3 is 0 Å². The predicted molar refractivity (Wildman–Crippen MR) is 137 cm³/mol. The Balaban J connectivity index is 1.56. The molecule has 4 aromatic carbocycles. The summed E-state index contributed by atoms with van der Waals surface area (Å²) in [6.45, 7) is 0. The van der Waals surface area contributed by atoms with Gasteiger partial charge < -0.3 is 0 Å². The zero-order chi connectivity index (χ0) is 22.0. The van der Waals surface area contributed by atoms with Crippen LogP contribution in [0.15, 0.2) is 144 Å². The molecule has 0 bridgehead atoms. The van der Waals surface area contributed by atoms with Crippen LogP contribution in [-0.4, -0.2) is 11.8 Å². The van der Waals surface area contributed by atoms with Crippen LogP contribution in [0.3, 0.4) is 0 Å². The van der Waals surface area contributed by atoms with Crippen molar-refractivity contribution < 1.29 is 0 Å². The van der Waals surface area contributed by atoms with Crippen LogP contribution in [0.2, 0.25) is 0 Å². The maximum Gasteiger partial charge on any atom is 0.0835 e. The third-order valence-corrected chi connectivity index (χ3v) is 6.45. The summed E-state index contributed by atoms with van der Waals surface area (Å²) in [6.07, 6.45) is 4.64. The molecule has 33 heavy (non-hydrogen) atoms. The molecule has 2 aliphatic rings.